The third-order valence-electron chi connectivity index (χ3n) is 3.38. The molecule has 0 aromatic carbocycles. The van der Waals surface area contributed by atoms with Gasteiger partial charge in [-0.05, 0) is 37.2 Å². The molecule has 0 heterocycles. The Morgan fingerprint density at radius 3 is 2.21 bits per heavy atom. The van der Waals surface area contributed by atoms with Crippen LogP contribution in [-0.2, 0) is 0 Å². The van der Waals surface area contributed by atoms with Gasteiger partial charge in [-0.2, -0.15) is 0 Å². The highest BCUT2D eigenvalue weighted by Gasteiger charge is 2.24. The predicted molar refractivity (Wildman–Crippen MR) is 61.2 cm³/mol. The van der Waals surface area contributed by atoms with Crippen molar-refractivity contribution >= 4 is 0 Å². The van der Waals surface area contributed by atoms with Gasteiger partial charge >= 0.3 is 0 Å². The second kappa shape index (κ2) is 5.55. The molecule has 1 rings (SSSR count). The van der Waals surface area contributed by atoms with Gasteiger partial charge in [-0.3, -0.25) is 0 Å². The van der Waals surface area contributed by atoms with Crippen molar-refractivity contribution in [2.75, 3.05) is 0 Å². The van der Waals surface area contributed by atoms with Crippen molar-refractivity contribution in [1.29, 1.82) is 0 Å². The summed E-state index contributed by atoms with van der Waals surface area (Å²) >= 11 is 0. The first-order valence-electron chi connectivity index (χ1n) is 6.01. The molecule has 82 valence electrons. The van der Waals surface area contributed by atoms with Crippen LogP contribution >= 0.6 is 0 Å². The topological polar surface area (TPSA) is 20.2 Å². The van der Waals surface area contributed by atoms with E-state index in [0.717, 1.165) is 0 Å². The molecule has 0 bridgehead atoms. The normalized spacial score (nSPS) is 22.8. The zero-order valence-electron chi connectivity index (χ0n) is 9.79. The maximum atomic E-state index is 10.1. The largest absolute Gasteiger partial charge is 0.388 e. The third kappa shape index (κ3) is 2.84. The van der Waals surface area contributed by atoms with E-state index in [4.69, 9.17) is 0 Å². The van der Waals surface area contributed by atoms with Gasteiger partial charge in [0.1, 0.15) is 0 Å². The Bertz CT molecular complexity index is 187. The van der Waals surface area contributed by atoms with E-state index in [1.165, 1.54) is 37.7 Å². The number of rotatable bonds is 3. The maximum Gasteiger partial charge on any atom is 0.0775 e. The summed E-state index contributed by atoms with van der Waals surface area (Å²) in [6, 6.07) is 0. The molecule has 0 radical (unpaired) electrons. The Morgan fingerprint density at radius 2 is 1.79 bits per heavy atom. The molecule has 1 aliphatic carbocycles. The number of hydrogen-bond donors (Lipinski definition) is 1. The van der Waals surface area contributed by atoms with Crippen LogP contribution in [0.25, 0.3) is 0 Å². The summed E-state index contributed by atoms with van der Waals surface area (Å²) in [4.78, 5) is 0. The summed E-state index contributed by atoms with van der Waals surface area (Å²) < 4.78 is 0. The van der Waals surface area contributed by atoms with Gasteiger partial charge in [0.2, 0.25) is 0 Å². The Balaban J connectivity index is 2.61. The molecule has 0 aliphatic heterocycles. The Labute approximate surface area is 88.2 Å². The molecule has 14 heavy (non-hydrogen) atoms. The monoisotopic (exact) mass is 196 g/mol. The first kappa shape index (κ1) is 11.8. The fraction of sp³-hybridized carbons (Fsp3) is 0.846. The highest BCUT2D eigenvalue weighted by Crippen LogP contribution is 2.32. The molecule has 0 amide bonds. The predicted octanol–water partition coefficient (Wildman–Crippen LogP) is 3.53. The molecule has 1 heteroatoms. The molecule has 0 unspecified atom stereocenters. The SMILES string of the molecule is C/C=C(\C1CCCCC1)[C@H](O)C(C)C. The molecule has 0 aromatic heterocycles. The molecule has 1 fully saturated rings. The molecule has 1 aliphatic rings. The van der Waals surface area contributed by atoms with Crippen LogP contribution in [0.2, 0.25) is 0 Å². The molecule has 0 saturated heterocycles. The fourth-order valence-corrected chi connectivity index (χ4v) is 2.47. The van der Waals surface area contributed by atoms with E-state index < -0.39 is 0 Å². The Kier molecular flexibility index (Phi) is 4.67. The van der Waals surface area contributed by atoms with Crippen LogP contribution in [0.1, 0.15) is 52.9 Å². The molecular weight excluding hydrogens is 172 g/mol. The molecule has 1 atom stereocenters. The van der Waals surface area contributed by atoms with Gasteiger partial charge in [0.15, 0.2) is 0 Å². The van der Waals surface area contributed by atoms with Crippen molar-refractivity contribution in [2.24, 2.45) is 11.8 Å². The minimum absolute atomic E-state index is 0.219. The van der Waals surface area contributed by atoms with Crippen molar-refractivity contribution < 1.29 is 5.11 Å². The lowest BCUT2D eigenvalue weighted by Gasteiger charge is -2.29. The summed E-state index contributed by atoms with van der Waals surface area (Å²) in [6.07, 6.45) is 8.54. The van der Waals surface area contributed by atoms with E-state index >= 15 is 0 Å². The zero-order valence-corrected chi connectivity index (χ0v) is 9.79. The van der Waals surface area contributed by atoms with E-state index in [-0.39, 0.29) is 6.10 Å². The van der Waals surface area contributed by atoms with E-state index in [1.807, 2.05) is 0 Å². The van der Waals surface area contributed by atoms with Crippen molar-refractivity contribution in [2.45, 2.75) is 59.0 Å². The lowest BCUT2D eigenvalue weighted by molar-refractivity contribution is 0.142. The van der Waals surface area contributed by atoms with Crippen molar-refractivity contribution in [3.05, 3.63) is 11.6 Å². The molecular formula is C13H24O. The maximum absolute atomic E-state index is 10.1. The molecule has 1 N–H and O–H groups in total. The van der Waals surface area contributed by atoms with Crippen LogP contribution in [0.3, 0.4) is 0 Å². The van der Waals surface area contributed by atoms with Crippen LogP contribution in [0.5, 0.6) is 0 Å². The van der Waals surface area contributed by atoms with Gasteiger partial charge in [0, 0.05) is 0 Å². The summed E-state index contributed by atoms with van der Waals surface area (Å²) in [5.41, 5.74) is 1.29. The minimum atomic E-state index is -0.219. The van der Waals surface area contributed by atoms with E-state index in [0.29, 0.717) is 11.8 Å². The van der Waals surface area contributed by atoms with Crippen LogP contribution in [0, 0.1) is 11.8 Å². The Morgan fingerprint density at radius 1 is 1.21 bits per heavy atom. The molecule has 1 nitrogen and oxygen atoms in total. The summed E-state index contributed by atoms with van der Waals surface area (Å²) in [5.74, 6) is 1.01. The van der Waals surface area contributed by atoms with Gasteiger partial charge in [-0.15, -0.1) is 0 Å². The lowest BCUT2D eigenvalue weighted by atomic mass is 9.79. The van der Waals surface area contributed by atoms with Gasteiger partial charge in [0.05, 0.1) is 6.10 Å². The summed E-state index contributed by atoms with van der Waals surface area (Å²) in [6.45, 7) is 6.25. The van der Waals surface area contributed by atoms with Gasteiger partial charge in [-0.25, -0.2) is 0 Å². The van der Waals surface area contributed by atoms with Crippen LogP contribution < -0.4 is 0 Å². The van der Waals surface area contributed by atoms with Crippen molar-refractivity contribution in [3.8, 4) is 0 Å². The zero-order chi connectivity index (χ0) is 10.6. The highest BCUT2D eigenvalue weighted by molar-refractivity contribution is 5.12. The molecule has 0 spiro atoms. The average molecular weight is 196 g/mol. The quantitative estimate of drug-likeness (QED) is 0.685. The standard InChI is InChI=1S/C13H24O/c1-4-12(13(14)10(2)3)11-8-6-5-7-9-11/h4,10-11,13-14H,5-9H2,1-3H3/b12-4+/t13-/m1/s1. The van der Waals surface area contributed by atoms with Crippen LogP contribution in [-0.4, -0.2) is 11.2 Å². The minimum Gasteiger partial charge on any atom is -0.388 e. The lowest BCUT2D eigenvalue weighted by Crippen LogP contribution is -2.24. The van der Waals surface area contributed by atoms with E-state index in [1.54, 1.807) is 0 Å². The first-order valence-corrected chi connectivity index (χ1v) is 6.01. The summed E-state index contributed by atoms with van der Waals surface area (Å²) in [7, 11) is 0. The number of hydrogen-bond acceptors (Lipinski definition) is 1. The van der Waals surface area contributed by atoms with Gasteiger partial charge in [0.25, 0.3) is 0 Å². The van der Waals surface area contributed by atoms with Crippen molar-refractivity contribution in [3.63, 3.8) is 0 Å². The molecule has 0 aromatic rings. The Hall–Kier alpha value is -0.300. The highest BCUT2D eigenvalue weighted by atomic mass is 16.3. The van der Waals surface area contributed by atoms with Gasteiger partial charge in [-0.1, -0.05) is 39.2 Å². The smallest absolute Gasteiger partial charge is 0.0775 e. The second-order valence-electron chi connectivity index (χ2n) is 4.81. The second-order valence-corrected chi connectivity index (χ2v) is 4.81. The number of aliphatic hydroxyl groups is 1. The van der Waals surface area contributed by atoms with E-state index in [9.17, 15) is 5.11 Å². The van der Waals surface area contributed by atoms with Crippen LogP contribution in [0.15, 0.2) is 11.6 Å². The van der Waals surface area contributed by atoms with Crippen LogP contribution in [0.4, 0.5) is 0 Å². The summed E-state index contributed by atoms with van der Waals surface area (Å²) in [5, 5.41) is 10.1. The first-order chi connectivity index (χ1) is 6.66. The number of aliphatic hydroxyl groups excluding tert-OH is 1. The molecule has 1 saturated carbocycles. The average Bonchev–Trinajstić information content (AvgIpc) is 2.20. The third-order valence-corrected chi connectivity index (χ3v) is 3.38. The van der Waals surface area contributed by atoms with Gasteiger partial charge < -0.3 is 5.11 Å². The number of allylic oxidation sites excluding steroid dienone is 1. The fourth-order valence-electron chi connectivity index (χ4n) is 2.47. The van der Waals surface area contributed by atoms with E-state index in [2.05, 4.69) is 26.8 Å². The van der Waals surface area contributed by atoms with Crippen molar-refractivity contribution in [1.82, 2.24) is 0 Å².